The zero-order chi connectivity index (χ0) is 23.2. The van der Waals surface area contributed by atoms with Crippen LogP contribution < -0.4 is 0 Å². The van der Waals surface area contributed by atoms with Crippen molar-refractivity contribution in [3.63, 3.8) is 0 Å². The van der Waals surface area contributed by atoms with E-state index in [-0.39, 0.29) is 25.2 Å². The van der Waals surface area contributed by atoms with Gasteiger partial charge in [-0.25, -0.2) is 4.79 Å². The van der Waals surface area contributed by atoms with Crippen LogP contribution in [0.25, 0.3) is 0 Å². The highest BCUT2D eigenvalue weighted by Crippen LogP contribution is 2.75. The first-order valence-corrected chi connectivity index (χ1v) is 11.2. The lowest BCUT2D eigenvalue weighted by Gasteiger charge is -2.65. The predicted octanol–water partition coefficient (Wildman–Crippen LogP) is -0.469. The quantitative estimate of drug-likeness (QED) is 0.503. The number of hydrogen-bond donors (Lipinski definition) is 3. The molecule has 0 amide bonds. The number of rotatable bonds is 4. The van der Waals surface area contributed by atoms with Crippen molar-refractivity contribution in [3.8, 4) is 0 Å². The third-order valence-corrected chi connectivity index (χ3v) is 8.27. The van der Waals surface area contributed by atoms with E-state index < -0.39 is 72.1 Å². The summed E-state index contributed by atoms with van der Waals surface area (Å²) < 4.78 is 30.3. The maximum atomic E-state index is 12.7. The number of hydrogen-bond acceptors (Lipinski definition) is 10. The fourth-order valence-corrected chi connectivity index (χ4v) is 6.60. The third kappa shape index (κ3) is 2.57. The summed E-state index contributed by atoms with van der Waals surface area (Å²) in [7, 11) is 0. The maximum Gasteiger partial charge on any atom is 0.338 e. The van der Waals surface area contributed by atoms with Crippen LogP contribution in [0.1, 0.15) is 30.1 Å². The Morgan fingerprint density at radius 2 is 1.91 bits per heavy atom. The topological polar surface area (TPSA) is 141 Å². The maximum absolute atomic E-state index is 12.7. The molecule has 3 N–H and O–H groups in total. The van der Waals surface area contributed by atoms with Gasteiger partial charge in [-0.15, -0.1) is 0 Å². The van der Waals surface area contributed by atoms with Crippen LogP contribution >= 0.6 is 0 Å². The monoisotopic (exact) mass is 462 g/mol. The second-order valence-electron chi connectivity index (χ2n) is 9.70. The number of Topliss-reactive ketones (excluding diaryl/α,β-unsaturated/α-hetero) is 1. The van der Waals surface area contributed by atoms with Gasteiger partial charge < -0.3 is 39.0 Å². The van der Waals surface area contributed by atoms with Crippen molar-refractivity contribution in [1.29, 1.82) is 0 Å². The Morgan fingerprint density at radius 3 is 2.64 bits per heavy atom. The van der Waals surface area contributed by atoms with Crippen LogP contribution in [0, 0.1) is 11.3 Å². The van der Waals surface area contributed by atoms with E-state index in [0.29, 0.717) is 5.56 Å². The van der Waals surface area contributed by atoms with Crippen molar-refractivity contribution in [3.05, 3.63) is 35.9 Å². The molecule has 10 nitrogen and oxygen atoms in total. The lowest BCUT2D eigenvalue weighted by molar-refractivity contribution is -0.466. The molecule has 1 aromatic rings. The van der Waals surface area contributed by atoms with Crippen molar-refractivity contribution < 1.29 is 48.6 Å². The molecule has 1 spiro atoms. The summed E-state index contributed by atoms with van der Waals surface area (Å²) in [5.41, 5.74) is -1.74. The minimum absolute atomic E-state index is 0.0161. The molecule has 10 heteroatoms. The number of aliphatic hydroxyl groups excluding tert-OH is 3. The number of carbonyl (C=O) groups excluding carboxylic acids is 2. The fraction of sp³-hybridized carbons (Fsp3) is 0.652. The van der Waals surface area contributed by atoms with Crippen molar-refractivity contribution in [2.45, 2.75) is 68.0 Å². The van der Waals surface area contributed by atoms with E-state index in [1.807, 2.05) is 0 Å². The van der Waals surface area contributed by atoms with E-state index in [0.717, 1.165) is 0 Å². The van der Waals surface area contributed by atoms with E-state index >= 15 is 0 Å². The van der Waals surface area contributed by atoms with Crippen molar-refractivity contribution in [1.82, 2.24) is 0 Å². The van der Waals surface area contributed by atoms with Crippen LogP contribution in [0.3, 0.4) is 0 Å². The van der Waals surface area contributed by atoms with Gasteiger partial charge in [0.05, 0.1) is 23.7 Å². The van der Waals surface area contributed by atoms with Crippen LogP contribution in [0.15, 0.2) is 30.3 Å². The molecular formula is C23H26O10. The van der Waals surface area contributed by atoms with E-state index in [2.05, 4.69) is 0 Å². The molecular weight excluding hydrogens is 436 g/mol. The van der Waals surface area contributed by atoms with E-state index in [9.17, 15) is 24.9 Å². The highest BCUT2D eigenvalue weighted by atomic mass is 16.8. The zero-order valence-corrected chi connectivity index (χ0v) is 18.0. The fourth-order valence-electron chi connectivity index (χ4n) is 6.60. The molecule has 0 aromatic heterocycles. The molecule has 3 saturated heterocycles. The lowest BCUT2D eigenvalue weighted by atomic mass is 9.49. The van der Waals surface area contributed by atoms with E-state index in [4.69, 9.17) is 23.7 Å². The predicted molar refractivity (Wildman–Crippen MR) is 107 cm³/mol. The Morgan fingerprint density at radius 1 is 1.15 bits per heavy atom. The number of ketones is 1. The highest BCUT2D eigenvalue weighted by Gasteiger charge is 2.89. The number of benzene rings is 1. The summed E-state index contributed by atoms with van der Waals surface area (Å²) in [5.74, 6) is -2.29. The molecule has 1 aromatic carbocycles. The molecule has 0 bridgehead atoms. The summed E-state index contributed by atoms with van der Waals surface area (Å²) in [6.45, 7) is 1.06. The Hall–Kier alpha value is -1.92. The number of carbonyl (C=O) groups is 2. The molecule has 5 aliphatic rings. The summed E-state index contributed by atoms with van der Waals surface area (Å²) in [5, 5.41) is 30.4. The van der Waals surface area contributed by atoms with E-state index in [1.54, 1.807) is 37.3 Å². The number of esters is 1. The minimum Gasteiger partial charge on any atom is -0.461 e. The number of aliphatic hydroxyl groups is 3. The Kier molecular flexibility index (Phi) is 4.61. The average Bonchev–Trinajstić information content (AvgIpc) is 3.09. The van der Waals surface area contributed by atoms with Gasteiger partial charge in [-0.3, -0.25) is 4.79 Å². The number of fused-ring (bicyclic) bond motifs is 1. The first kappa shape index (κ1) is 21.6. The molecule has 33 heavy (non-hydrogen) atoms. The van der Waals surface area contributed by atoms with Gasteiger partial charge in [0.2, 0.25) is 0 Å². The molecule has 10 atom stereocenters. The molecule has 0 radical (unpaired) electrons. The van der Waals surface area contributed by atoms with Gasteiger partial charge in [0, 0.05) is 12.3 Å². The summed E-state index contributed by atoms with van der Waals surface area (Å²) >= 11 is 0. The minimum atomic E-state index is -1.37. The van der Waals surface area contributed by atoms with Crippen molar-refractivity contribution in [2.75, 3.05) is 13.2 Å². The Balaban J connectivity index is 1.33. The zero-order valence-electron chi connectivity index (χ0n) is 18.0. The van der Waals surface area contributed by atoms with Gasteiger partial charge in [-0.05, 0) is 25.5 Å². The lowest BCUT2D eigenvalue weighted by Crippen LogP contribution is -2.79. The van der Waals surface area contributed by atoms with Crippen LogP contribution in [0.4, 0.5) is 0 Å². The molecule has 2 saturated carbocycles. The third-order valence-electron chi connectivity index (χ3n) is 8.27. The molecule has 178 valence electrons. The first-order valence-electron chi connectivity index (χ1n) is 11.2. The average molecular weight is 462 g/mol. The van der Waals surface area contributed by atoms with Crippen LogP contribution in [0.2, 0.25) is 0 Å². The Bertz CT molecular complexity index is 985. The normalized spacial score (nSPS) is 49.6. The SMILES string of the molecule is C[C@]12O[C@@H]3C(O[C@@H](CO)[C@H](O)[C@H]3O)O[C@]13CC1C(=O)C[C@H](O2)[C@@]13COC(=O)c1ccccc1. The molecule has 6 rings (SSSR count). The molecule has 3 aliphatic heterocycles. The van der Waals surface area contributed by atoms with Crippen molar-refractivity contribution >= 4 is 11.8 Å². The summed E-state index contributed by atoms with van der Waals surface area (Å²) in [4.78, 5) is 25.4. The smallest absolute Gasteiger partial charge is 0.338 e. The summed E-state index contributed by atoms with van der Waals surface area (Å²) in [6, 6.07) is 8.56. The van der Waals surface area contributed by atoms with Crippen LogP contribution in [-0.4, -0.2) is 88.5 Å². The van der Waals surface area contributed by atoms with Gasteiger partial charge >= 0.3 is 5.97 Å². The second kappa shape index (κ2) is 7.05. The summed E-state index contributed by atoms with van der Waals surface area (Å²) in [6.07, 6.45) is -6.14. The first-order chi connectivity index (χ1) is 15.8. The largest absolute Gasteiger partial charge is 0.461 e. The van der Waals surface area contributed by atoms with Crippen LogP contribution in [0.5, 0.6) is 0 Å². The van der Waals surface area contributed by atoms with Gasteiger partial charge in [0.15, 0.2) is 12.1 Å². The molecule has 2 unspecified atom stereocenters. The second-order valence-corrected chi connectivity index (χ2v) is 9.70. The molecule has 3 heterocycles. The molecule has 2 aliphatic carbocycles. The molecule has 5 fully saturated rings. The van der Waals surface area contributed by atoms with Gasteiger partial charge in [0.1, 0.15) is 42.4 Å². The Labute approximate surface area is 189 Å². The van der Waals surface area contributed by atoms with Gasteiger partial charge in [-0.1, -0.05) is 18.2 Å². The highest BCUT2D eigenvalue weighted by molar-refractivity contribution is 5.90. The van der Waals surface area contributed by atoms with Gasteiger partial charge in [-0.2, -0.15) is 0 Å². The van der Waals surface area contributed by atoms with Crippen LogP contribution in [-0.2, 0) is 28.5 Å². The van der Waals surface area contributed by atoms with E-state index in [1.165, 1.54) is 0 Å². The standard InChI is InChI=1S/C23H26O10/c1-21-23(33-20-18(32-21)17(27)16(26)14(9-24)30-20)8-12-13(25)7-15(31-21)22(12,23)10-29-19(28)11-5-3-2-4-6-11/h2-6,12,14-18,20,24,26-27H,7-10H2,1H3/t12?,14-,15-,16-,17+,18-,20?,21-,22+,23+/m0/s1. The van der Waals surface area contributed by atoms with Crippen molar-refractivity contribution in [2.24, 2.45) is 11.3 Å². The number of ether oxygens (including phenoxy) is 5. The van der Waals surface area contributed by atoms with Gasteiger partial charge in [0.25, 0.3) is 0 Å².